The van der Waals surface area contributed by atoms with Crippen LogP contribution >= 0.6 is 0 Å². The van der Waals surface area contributed by atoms with Crippen molar-refractivity contribution in [3.63, 3.8) is 0 Å². The Hall–Kier alpha value is -4.25. The van der Waals surface area contributed by atoms with Crippen molar-refractivity contribution in [2.75, 3.05) is 12.8 Å². The van der Waals surface area contributed by atoms with E-state index < -0.39 is 35.2 Å². The van der Waals surface area contributed by atoms with Crippen molar-refractivity contribution in [1.29, 1.82) is 0 Å². The quantitative estimate of drug-likeness (QED) is 0.178. The van der Waals surface area contributed by atoms with Crippen LogP contribution in [0.2, 0.25) is 0 Å². The molecule has 0 spiro atoms. The van der Waals surface area contributed by atoms with E-state index in [4.69, 9.17) is 15.2 Å². The van der Waals surface area contributed by atoms with E-state index in [1.807, 2.05) is 45.9 Å². The zero-order valence-electron chi connectivity index (χ0n) is 25.7. The third-order valence-electron chi connectivity index (χ3n) is 4.71. The second-order valence-corrected chi connectivity index (χ2v) is 9.19. The second kappa shape index (κ2) is 18.9. The lowest BCUT2D eigenvalue weighted by atomic mass is 9.94. The number of nitrogens with two attached hydrogens (primary N) is 1. The molecule has 8 nitrogen and oxygen atoms in total. The van der Waals surface area contributed by atoms with E-state index >= 15 is 0 Å². The molecule has 0 saturated heterocycles. The second-order valence-electron chi connectivity index (χ2n) is 9.19. The molecule has 0 aliphatic carbocycles. The molecular formula is C32H47N3O5. The smallest absolute Gasteiger partial charge is 0.408 e. The summed E-state index contributed by atoms with van der Waals surface area (Å²) in [6, 6.07) is 12.7. The average molecular weight is 554 g/mol. The predicted molar refractivity (Wildman–Crippen MR) is 164 cm³/mol. The van der Waals surface area contributed by atoms with Gasteiger partial charge < -0.3 is 25.8 Å². The van der Waals surface area contributed by atoms with Crippen LogP contribution in [0, 0.1) is 11.8 Å². The van der Waals surface area contributed by atoms with Gasteiger partial charge in [0.25, 0.3) is 5.91 Å². The SMILES string of the molecule is C=C.CC.CC.COC(=O)C(NC(=O)c1ccc(C#Cc2ccccc2N)cc1)C(C)(C)NC(=O)OC(C)(C)C. The third kappa shape index (κ3) is 13.5. The highest BCUT2D eigenvalue weighted by atomic mass is 16.6. The summed E-state index contributed by atoms with van der Waals surface area (Å²) in [5.74, 6) is 4.78. The van der Waals surface area contributed by atoms with Crippen molar-refractivity contribution < 1.29 is 23.9 Å². The number of hydrogen-bond donors (Lipinski definition) is 3. The lowest BCUT2D eigenvalue weighted by Crippen LogP contribution is -2.62. The van der Waals surface area contributed by atoms with Crippen LogP contribution < -0.4 is 16.4 Å². The number of nitrogens with one attached hydrogen (secondary N) is 2. The summed E-state index contributed by atoms with van der Waals surface area (Å²) < 4.78 is 10.1. The van der Waals surface area contributed by atoms with E-state index in [9.17, 15) is 14.4 Å². The van der Waals surface area contributed by atoms with Crippen molar-refractivity contribution in [3.05, 3.63) is 78.4 Å². The van der Waals surface area contributed by atoms with Gasteiger partial charge in [0.2, 0.25) is 0 Å². The predicted octanol–water partition coefficient (Wildman–Crippen LogP) is 6.10. The molecule has 8 heteroatoms. The maximum absolute atomic E-state index is 12.9. The number of carbonyl (C=O) groups excluding carboxylic acids is 3. The fourth-order valence-electron chi connectivity index (χ4n) is 2.96. The van der Waals surface area contributed by atoms with Crippen LogP contribution in [0.3, 0.4) is 0 Å². The number of hydrogen-bond acceptors (Lipinski definition) is 6. The number of methoxy groups -OCH3 is 1. The molecular weight excluding hydrogens is 506 g/mol. The number of ether oxygens (including phenoxy) is 2. The summed E-state index contributed by atoms with van der Waals surface area (Å²) in [4.78, 5) is 37.5. The number of amides is 2. The normalized spacial score (nSPS) is 10.6. The number of carbonyl (C=O) groups is 3. The minimum absolute atomic E-state index is 0.312. The minimum atomic E-state index is -1.20. The van der Waals surface area contributed by atoms with Gasteiger partial charge in [-0.2, -0.15) is 0 Å². The maximum Gasteiger partial charge on any atom is 0.408 e. The summed E-state index contributed by atoms with van der Waals surface area (Å²) in [5.41, 5.74) is 6.28. The number of anilines is 1. The Morgan fingerprint density at radius 2 is 1.40 bits per heavy atom. The van der Waals surface area contributed by atoms with Gasteiger partial charge in [-0.05, 0) is 71.0 Å². The molecule has 2 amide bonds. The van der Waals surface area contributed by atoms with Gasteiger partial charge in [-0.15, -0.1) is 13.2 Å². The summed E-state index contributed by atoms with van der Waals surface area (Å²) in [7, 11) is 1.21. The lowest BCUT2D eigenvalue weighted by molar-refractivity contribution is -0.144. The van der Waals surface area contributed by atoms with Gasteiger partial charge in [0, 0.05) is 22.4 Å². The van der Waals surface area contributed by atoms with E-state index in [0.717, 1.165) is 0 Å². The van der Waals surface area contributed by atoms with Gasteiger partial charge in [0.1, 0.15) is 11.6 Å². The highest BCUT2D eigenvalue weighted by molar-refractivity contribution is 5.97. The van der Waals surface area contributed by atoms with Crippen molar-refractivity contribution in [3.8, 4) is 11.8 Å². The number of benzene rings is 2. The van der Waals surface area contributed by atoms with Crippen LogP contribution in [0.15, 0.2) is 61.7 Å². The number of rotatable bonds is 5. The van der Waals surface area contributed by atoms with Crippen molar-refractivity contribution >= 4 is 23.7 Å². The summed E-state index contributed by atoms with van der Waals surface area (Å²) in [5, 5.41) is 5.27. The molecule has 1 unspecified atom stereocenters. The van der Waals surface area contributed by atoms with Crippen LogP contribution in [-0.4, -0.2) is 42.3 Å². The van der Waals surface area contributed by atoms with E-state index in [2.05, 4.69) is 35.6 Å². The van der Waals surface area contributed by atoms with E-state index in [1.165, 1.54) is 7.11 Å². The molecule has 40 heavy (non-hydrogen) atoms. The molecule has 2 aromatic carbocycles. The Morgan fingerprint density at radius 3 is 1.88 bits per heavy atom. The van der Waals surface area contributed by atoms with Gasteiger partial charge in [0.05, 0.1) is 12.6 Å². The van der Waals surface area contributed by atoms with E-state index in [1.54, 1.807) is 65.0 Å². The van der Waals surface area contributed by atoms with Crippen LogP contribution in [0.1, 0.15) is 83.8 Å². The fraction of sp³-hybridized carbons (Fsp3) is 0.406. The Labute approximate surface area is 240 Å². The van der Waals surface area contributed by atoms with Gasteiger partial charge in [-0.25, -0.2) is 9.59 Å². The molecule has 0 aliphatic rings. The van der Waals surface area contributed by atoms with Crippen molar-refractivity contribution in [2.45, 2.75) is 79.5 Å². The number of nitrogen functional groups attached to an aromatic ring is 1. The van der Waals surface area contributed by atoms with Gasteiger partial charge in [-0.3, -0.25) is 4.79 Å². The average Bonchev–Trinajstić information content (AvgIpc) is 2.93. The molecule has 0 fully saturated rings. The highest BCUT2D eigenvalue weighted by Crippen LogP contribution is 2.15. The topological polar surface area (TPSA) is 120 Å². The molecule has 220 valence electrons. The molecule has 0 radical (unpaired) electrons. The van der Waals surface area contributed by atoms with Crippen LogP contribution in [0.4, 0.5) is 10.5 Å². The van der Waals surface area contributed by atoms with E-state index in [-0.39, 0.29) is 0 Å². The van der Waals surface area contributed by atoms with Crippen molar-refractivity contribution in [2.24, 2.45) is 0 Å². The molecule has 2 aromatic rings. The maximum atomic E-state index is 12.9. The van der Waals surface area contributed by atoms with Gasteiger partial charge in [0.15, 0.2) is 0 Å². The monoisotopic (exact) mass is 553 g/mol. The Balaban J connectivity index is 0. The van der Waals surface area contributed by atoms with Crippen LogP contribution in [-0.2, 0) is 14.3 Å². The molecule has 0 bridgehead atoms. The number of esters is 1. The number of para-hydroxylation sites is 1. The molecule has 0 heterocycles. The summed E-state index contributed by atoms with van der Waals surface area (Å²) >= 11 is 0. The first-order valence-corrected chi connectivity index (χ1v) is 13.2. The van der Waals surface area contributed by atoms with Crippen molar-refractivity contribution in [1.82, 2.24) is 10.6 Å². The zero-order chi connectivity index (χ0) is 31.5. The number of alkyl carbamates (subject to hydrolysis) is 1. The summed E-state index contributed by atoms with van der Waals surface area (Å²) in [6.45, 7) is 22.4. The van der Waals surface area contributed by atoms with Crippen LogP contribution in [0.5, 0.6) is 0 Å². The first kappa shape index (κ1) is 37.9. The molecule has 0 aliphatic heterocycles. The zero-order valence-corrected chi connectivity index (χ0v) is 25.7. The third-order valence-corrected chi connectivity index (χ3v) is 4.71. The molecule has 2 rings (SSSR count). The van der Waals surface area contributed by atoms with Gasteiger partial charge >= 0.3 is 12.1 Å². The Morgan fingerprint density at radius 1 is 0.875 bits per heavy atom. The molecule has 0 aromatic heterocycles. The fourth-order valence-corrected chi connectivity index (χ4v) is 2.96. The first-order chi connectivity index (χ1) is 18.8. The Kier molecular flexibility index (Phi) is 17.9. The lowest BCUT2D eigenvalue weighted by Gasteiger charge is -2.34. The van der Waals surface area contributed by atoms with Gasteiger partial charge in [-0.1, -0.05) is 51.7 Å². The highest BCUT2D eigenvalue weighted by Gasteiger charge is 2.39. The van der Waals surface area contributed by atoms with Crippen LogP contribution in [0.25, 0.3) is 0 Å². The largest absolute Gasteiger partial charge is 0.467 e. The first-order valence-electron chi connectivity index (χ1n) is 13.2. The molecule has 1 atom stereocenters. The minimum Gasteiger partial charge on any atom is -0.467 e. The molecule has 4 N–H and O–H groups in total. The Bertz CT molecular complexity index is 1120. The summed E-state index contributed by atoms with van der Waals surface area (Å²) in [6.07, 6.45) is -0.720. The standard InChI is InChI=1S/C26H31N3O5.2C2H6.C2H4/c1-25(2,3)34-24(32)29-26(4,5)21(23(31)33-6)28-22(30)19-15-12-17(13-16-19)11-14-18-9-7-8-10-20(18)27;3*1-2/h7-10,12-13,15-16,21H,27H2,1-6H3,(H,28,30)(H,29,32);2*1-2H3;1-2H2. The van der Waals surface area contributed by atoms with E-state index in [0.29, 0.717) is 22.4 Å². The molecule has 0 saturated carbocycles.